The monoisotopic (exact) mass is 424 g/mol. The van der Waals surface area contributed by atoms with Gasteiger partial charge in [0.15, 0.2) is 5.58 Å². The molecule has 0 spiro atoms. The van der Waals surface area contributed by atoms with E-state index in [2.05, 4.69) is 5.32 Å². The van der Waals surface area contributed by atoms with Gasteiger partial charge in [-0.3, -0.25) is 9.36 Å². The van der Waals surface area contributed by atoms with Gasteiger partial charge in [-0.1, -0.05) is 18.2 Å². The van der Waals surface area contributed by atoms with Crippen molar-refractivity contribution < 1.29 is 32.2 Å². The number of benzene rings is 2. The number of rotatable bonds is 7. The van der Waals surface area contributed by atoms with Crippen LogP contribution in [0.25, 0.3) is 11.1 Å². The smallest absolute Gasteiger partial charge is 0.420 e. The van der Waals surface area contributed by atoms with Crippen LogP contribution in [0.4, 0.5) is 13.2 Å². The number of oxazole rings is 1. The number of aliphatic hydroxyl groups is 1. The lowest BCUT2D eigenvalue weighted by Gasteiger charge is -2.17. The zero-order valence-electron chi connectivity index (χ0n) is 15.8. The minimum Gasteiger partial charge on any atom is -0.491 e. The molecule has 0 aliphatic rings. The highest BCUT2D eigenvalue weighted by atomic mass is 19.4. The number of para-hydroxylation sites is 2. The molecule has 3 rings (SSSR count). The number of ether oxygens (including phenoxy) is 1. The van der Waals surface area contributed by atoms with Crippen LogP contribution in [0.2, 0.25) is 0 Å². The number of aliphatic hydroxyl groups excluding tert-OH is 1. The Morgan fingerprint density at radius 2 is 1.97 bits per heavy atom. The summed E-state index contributed by atoms with van der Waals surface area (Å²) >= 11 is 0. The SMILES string of the molecule is CC(C(=O)NCC(O)COc1cccc(C(F)(F)F)c1)n1c(=O)oc2ccccc21. The molecule has 2 unspecified atom stereocenters. The highest BCUT2D eigenvalue weighted by Gasteiger charge is 2.30. The molecule has 0 aliphatic heterocycles. The van der Waals surface area contributed by atoms with Crippen molar-refractivity contribution in [2.75, 3.05) is 13.2 Å². The van der Waals surface area contributed by atoms with Gasteiger partial charge in [-0.05, 0) is 37.3 Å². The van der Waals surface area contributed by atoms with Gasteiger partial charge >= 0.3 is 11.9 Å². The maximum atomic E-state index is 12.7. The van der Waals surface area contributed by atoms with E-state index in [-0.39, 0.29) is 18.9 Å². The fraction of sp³-hybridized carbons (Fsp3) is 0.300. The molecule has 0 saturated heterocycles. The lowest BCUT2D eigenvalue weighted by atomic mass is 10.2. The van der Waals surface area contributed by atoms with Gasteiger partial charge in [-0.15, -0.1) is 0 Å². The largest absolute Gasteiger partial charge is 0.491 e. The first-order valence-corrected chi connectivity index (χ1v) is 9.02. The molecule has 0 fully saturated rings. The molecule has 0 radical (unpaired) electrons. The van der Waals surface area contributed by atoms with Crippen molar-refractivity contribution in [2.24, 2.45) is 0 Å². The Labute approximate surface area is 168 Å². The van der Waals surface area contributed by atoms with Gasteiger partial charge in [-0.2, -0.15) is 13.2 Å². The van der Waals surface area contributed by atoms with Crippen LogP contribution in [0, 0.1) is 0 Å². The molecule has 1 amide bonds. The van der Waals surface area contributed by atoms with Crippen molar-refractivity contribution in [2.45, 2.75) is 25.2 Å². The maximum absolute atomic E-state index is 12.7. The van der Waals surface area contributed by atoms with E-state index in [0.29, 0.717) is 11.1 Å². The Morgan fingerprint density at radius 1 is 1.23 bits per heavy atom. The highest BCUT2D eigenvalue weighted by molar-refractivity contribution is 5.82. The van der Waals surface area contributed by atoms with E-state index in [1.165, 1.54) is 23.6 Å². The summed E-state index contributed by atoms with van der Waals surface area (Å²) < 4.78 is 49.6. The Balaban J connectivity index is 1.55. The van der Waals surface area contributed by atoms with E-state index in [4.69, 9.17) is 9.15 Å². The van der Waals surface area contributed by atoms with Gasteiger partial charge in [0.25, 0.3) is 0 Å². The Kier molecular flexibility index (Phi) is 6.16. The molecule has 0 saturated carbocycles. The average molecular weight is 424 g/mol. The number of hydrogen-bond acceptors (Lipinski definition) is 5. The van der Waals surface area contributed by atoms with E-state index >= 15 is 0 Å². The summed E-state index contributed by atoms with van der Waals surface area (Å²) in [5, 5.41) is 12.5. The predicted molar refractivity (Wildman–Crippen MR) is 101 cm³/mol. The van der Waals surface area contributed by atoms with Crippen LogP contribution in [0.5, 0.6) is 5.75 Å². The number of halogens is 3. The number of nitrogens with zero attached hydrogens (tertiary/aromatic N) is 1. The second kappa shape index (κ2) is 8.62. The molecule has 2 atom stereocenters. The lowest BCUT2D eigenvalue weighted by Crippen LogP contribution is -2.40. The normalized spacial score (nSPS) is 13.8. The Morgan fingerprint density at radius 3 is 2.70 bits per heavy atom. The predicted octanol–water partition coefficient (Wildman–Crippen LogP) is 2.73. The fourth-order valence-electron chi connectivity index (χ4n) is 2.85. The first-order valence-electron chi connectivity index (χ1n) is 9.02. The number of hydrogen-bond donors (Lipinski definition) is 2. The molecule has 3 aromatic rings. The summed E-state index contributed by atoms with van der Waals surface area (Å²) in [4.78, 5) is 24.4. The number of aromatic nitrogens is 1. The molecule has 0 aliphatic carbocycles. The number of nitrogens with one attached hydrogen (secondary N) is 1. The van der Waals surface area contributed by atoms with E-state index in [0.717, 1.165) is 12.1 Å². The average Bonchev–Trinajstić information content (AvgIpc) is 3.05. The van der Waals surface area contributed by atoms with Crippen molar-refractivity contribution in [1.82, 2.24) is 9.88 Å². The number of alkyl halides is 3. The molecule has 7 nitrogen and oxygen atoms in total. The van der Waals surface area contributed by atoms with Crippen molar-refractivity contribution >= 4 is 17.0 Å². The van der Waals surface area contributed by atoms with E-state index < -0.39 is 35.5 Å². The van der Waals surface area contributed by atoms with E-state index in [1.54, 1.807) is 24.3 Å². The third kappa shape index (κ3) is 4.82. The first kappa shape index (κ1) is 21.4. The fourth-order valence-corrected chi connectivity index (χ4v) is 2.85. The minimum atomic E-state index is -4.50. The zero-order chi connectivity index (χ0) is 21.9. The van der Waals surface area contributed by atoms with Crippen LogP contribution in [-0.4, -0.2) is 34.8 Å². The summed E-state index contributed by atoms with van der Waals surface area (Å²) in [6.45, 7) is 0.960. The Bertz CT molecular complexity index is 1090. The van der Waals surface area contributed by atoms with Crippen LogP contribution in [-0.2, 0) is 11.0 Å². The molecule has 30 heavy (non-hydrogen) atoms. The van der Waals surface area contributed by atoms with Gasteiger partial charge in [0, 0.05) is 6.54 Å². The molecule has 1 aromatic heterocycles. The van der Waals surface area contributed by atoms with Gasteiger partial charge in [0.2, 0.25) is 5.91 Å². The molecule has 2 aromatic carbocycles. The number of carbonyl (C=O) groups excluding carboxylic acids is 1. The van der Waals surface area contributed by atoms with Gasteiger partial charge in [0.1, 0.15) is 24.5 Å². The van der Waals surface area contributed by atoms with Crippen molar-refractivity contribution in [3.8, 4) is 5.75 Å². The second-order valence-corrected chi connectivity index (χ2v) is 6.62. The van der Waals surface area contributed by atoms with E-state index in [1.807, 2.05) is 0 Å². The van der Waals surface area contributed by atoms with Crippen molar-refractivity contribution in [1.29, 1.82) is 0 Å². The molecular formula is C20H19F3N2O5. The molecule has 0 bridgehead atoms. The van der Waals surface area contributed by atoms with Gasteiger partial charge in [-0.25, -0.2) is 4.79 Å². The lowest BCUT2D eigenvalue weighted by molar-refractivity contribution is -0.137. The van der Waals surface area contributed by atoms with Crippen molar-refractivity contribution in [3.63, 3.8) is 0 Å². The van der Waals surface area contributed by atoms with Crippen LogP contribution >= 0.6 is 0 Å². The third-order valence-corrected chi connectivity index (χ3v) is 4.40. The molecule has 2 N–H and O–H groups in total. The topological polar surface area (TPSA) is 93.7 Å². The summed E-state index contributed by atoms with van der Waals surface area (Å²) in [7, 11) is 0. The maximum Gasteiger partial charge on any atom is 0.420 e. The summed E-state index contributed by atoms with van der Waals surface area (Å²) in [6, 6.07) is 10.00. The molecule has 1 heterocycles. The minimum absolute atomic E-state index is 0.0556. The molecule has 160 valence electrons. The van der Waals surface area contributed by atoms with Crippen molar-refractivity contribution in [3.05, 3.63) is 64.6 Å². The number of amides is 1. The number of carbonyl (C=O) groups is 1. The van der Waals surface area contributed by atoms with Gasteiger partial charge in [0.05, 0.1) is 11.1 Å². The third-order valence-electron chi connectivity index (χ3n) is 4.40. The first-order chi connectivity index (χ1) is 14.2. The van der Waals surface area contributed by atoms with E-state index in [9.17, 15) is 27.9 Å². The van der Waals surface area contributed by atoms with Crippen LogP contribution in [0.1, 0.15) is 18.5 Å². The Hall–Kier alpha value is -3.27. The summed E-state index contributed by atoms with van der Waals surface area (Å²) in [5.41, 5.74) is -0.0651. The van der Waals surface area contributed by atoms with Crippen LogP contribution < -0.4 is 15.8 Å². The number of fused-ring (bicyclic) bond motifs is 1. The second-order valence-electron chi connectivity index (χ2n) is 6.62. The summed E-state index contributed by atoms with van der Waals surface area (Å²) in [5.74, 6) is -1.28. The highest BCUT2D eigenvalue weighted by Crippen LogP contribution is 2.31. The quantitative estimate of drug-likeness (QED) is 0.608. The zero-order valence-corrected chi connectivity index (χ0v) is 15.8. The standard InChI is InChI=1S/C20H19F3N2O5/c1-12(25-16-7-2-3-8-17(16)30-19(25)28)18(27)24-10-14(26)11-29-15-6-4-5-13(9-15)20(21,22)23/h2-9,12,14,26H,10-11H2,1H3,(H,24,27). The van der Waals surface area contributed by atoms with Gasteiger partial charge < -0.3 is 19.6 Å². The summed E-state index contributed by atoms with van der Waals surface area (Å²) in [6.07, 6.45) is -5.68. The molecule has 10 heteroatoms. The van der Waals surface area contributed by atoms with Crippen LogP contribution in [0.3, 0.4) is 0 Å². The molecular weight excluding hydrogens is 405 g/mol. The van der Waals surface area contributed by atoms with Crippen LogP contribution in [0.15, 0.2) is 57.7 Å².